The molecule has 0 saturated carbocycles. The van der Waals surface area contributed by atoms with Gasteiger partial charge in [-0.1, -0.05) is 17.7 Å². The molecule has 0 radical (unpaired) electrons. The van der Waals surface area contributed by atoms with Gasteiger partial charge in [-0.05, 0) is 18.2 Å². The predicted molar refractivity (Wildman–Crippen MR) is 85.9 cm³/mol. The molecule has 1 amide bonds. The number of nitrogens with one attached hydrogen (secondary N) is 1. The summed E-state index contributed by atoms with van der Waals surface area (Å²) < 4.78 is 30.8. The van der Waals surface area contributed by atoms with Gasteiger partial charge in [0.1, 0.15) is 5.75 Å². The molecule has 1 aromatic rings. The van der Waals surface area contributed by atoms with Gasteiger partial charge >= 0.3 is 0 Å². The molecule has 1 heterocycles. The van der Waals surface area contributed by atoms with Crippen LogP contribution in [-0.2, 0) is 14.8 Å². The topological polar surface area (TPSA) is 75.7 Å². The van der Waals surface area contributed by atoms with E-state index in [1.54, 1.807) is 18.2 Å². The first kappa shape index (κ1) is 16.6. The van der Waals surface area contributed by atoms with Crippen LogP contribution in [0.25, 0.3) is 0 Å². The summed E-state index contributed by atoms with van der Waals surface area (Å²) in [5.74, 6) is 0.00206. The SMILES string of the molecule is C=CCNC(=O)C1CCN(S(C)(=O)=O)c2cc(Cl)ccc2O1. The van der Waals surface area contributed by atoms with Gasteiger partial charge in [0.2, 0.25) is 10.0 Å². The molecule has 1 aromatic carbocycles. The van der Waals surface area contributed by atoms with Crippen molar-refractivity contribution >= 4 is 33.2 Å². The molecule has 0 saturated heterocycles. The highest BCUT2D eigenvalue weighted by atomic mass is 35.5. The van der Waals surface area contributed by atoms with Crippen molar-refractivity contribution in [3.8, 4) is 5.75 Å². The molecule has 1 N–H and O–H groups in total. The van der Waals surface area contributed by atoms with Crippen molar-refractivity contribution in [3.63, 3.8) is 0 Å². The van der Waals surface area contributed by atoms with Gasteiger partial charge in [-0.15, -0.1) is 6.58 Å². The number of nitrogens with zero attached hydrogens (tertiary/aromatic N) is 1. The van der Waals surface area contributed by atoms with E-state index in [-0.39, 0.29) is 18.9 Å². The smallest absolute Gasteiger partial charge is 0.261 e. The zero-order valence-corrected chi connectivity index (χ0v) is 13.7. The molecule has 6 nitrogen and oxygen atoms in total. The Labute approximate surface area is 134 Å². The molecule has 0 aromatic heterocycles. The van der Waals surface area contributed by atoms with Gasteiger partial charge in [-0.2, -0.15) is 0 Å². The van der Waals surface area contributed by atoms with Crippen LogP contribution >= 0.6 is 11.6 Å². The molecule has 1 atom stereocenters. The summed E-state index contributed by atoms with van der Waals surface area (Å²) in [7, 11) is -3.50. The maximum absolute atomic E-state index is 12.1. The molecule has 0 bridgehead atoms. The maximum atomic E-state index is 12.1. The fourth-order valence-corrected chi connectivity index (χ4v) is 3.27. The molecule has 8 heteroatoms. The monoisotopic (exact) mass is 344 g/mol. The van der Waals surface area contributed by atoms with Crippen molar-refractivity contribution in [3.05, 3.63) is 35.9 Å². The summed E-state index contributed by atoms with van der Waals surface area (Å²) in [6.07, 6.45) is 2.13. The van der Waals surface area contributed by atoms with E-state index in [9.17, 15) is 13.2 Å². The molecule has 0 fully saturated rings. The summed E-state index contributed by atoms with van der Waals surface area (Å²) in [6.45, 7) is 3.99. The van der Waals surface area contributed by atoms with E-state index < -0.39 is 16.1 Å². The van der Waals surface area contributed by atoms with Crippen LogP contribution in [0.1, 0.15) is 6.42 Å². The Morgan fingerprint density at radius 3 is 2.95 bits per heavy atom. The Balaban J connectivity index is 2.36. The largest absolute Gasteiger partial charge is 0.478 e. The molecular formula is C14H17ClN2O4S. The number of benzene rings is 1. The lowest BCUT2D eigenvalue weighted by Crippen LogP contribution is -2.39. The summed E-state index contributed by atoms with van der Waals surface area (Å²) >= 11 is 5.95. The quantitative estimate of drug-likeness (QED) is 0.841. The Hall–Kier alpha value is -1.73. The molecule has 1 aliphatic rings. The second-order valence-corrected chi connectivity index (χ2v) is 7.22. The number of carbonyl (C=O) groups excluding carboxylic acids is 1. The van der Waals surface area contributed by atoms with E-state index in [1.807, 2.05) is 0 Å². The van der Waals surface area contributed by atoms with Crippen LogP contribution in [0.3, 0.4) is 0 Å². The summed E-state index contributed by atoms with van der Waals surface area (Å²) in [6, 6.07) is 4.67. The van der Waals surface area contributed by atoms with Gasteiger partial charge in [0.15, 0.2) is 6.10 Å². The average Bonchev–Trinajstić information content (AvgIpc) is 2.63. The van der Waals surface area contributed by atoms with E-state index in [0.717, 1.165) is 6.26 Å². The lowest BCUT2D eigenvalue weighted by molar-refractivity contribution is -0.127. The maximum Gasteiger partial charge on any atom is 0.261 e. The van der Waals surface area contributed by atoms with Crippen LogP contribution in [0.5, 0.6) is 5.75 Å². The lowest BCUT2D eigenvalue weighted by atomic mass is 10.2. The Kier molecular flexibility index (Phi) is 4.97. The number of hydrogen-bond acceptors (Lipinski definition) is 4. The van der Waals surface area contributed by atoms with Crippen molar-refractivity contribution in [2.24, 2.45) is 0 Å². The second-order valence-electron chi connectivity index (χ2n) is 4.88. The third-order valence-electron chi connectivity index (χ3n) is 3.17. The van der Waals surface area contributed by atoms with E-state index in [4.69, 9.17) is 16.3 Å². The van der Waals surface area contributed by atoms with Gasteiger partial charge < -0.3 is 10.1 Å². The summed E-state index contributed by atoms with van der Waals surface area (Å²) in [4.78, 5) is 12.1. The highest BCUT2D eigenvalue weighted by Crippen LogP contribution is 2.36. The highest BCUT2D eigenvalue weighted by molar-refractivity contribution is 7.92. The molecule has 0 spiro atoms. The minimum atomic E-state index is -3.50. The van der Waals surface area contributed by atoms with Crippen LogP contribution in [0.2, 0.25) is 5.02 Å². The first-order valence-corrected chi connectivity index (χ1v) is 8.88. The summed E-state index contributed by atoms with van der Waals surface area (Å²) in [5.41, 5.74) is 0.342. The molecule has 0 aliphatic carbocycles. The fourth-order valence-electron chi connectivity index (χ4n) is 2.17. The Bertz CT molecular complexity index is 690. The van der Waals surface area contributed by atoms with Gasteiger partial charge in [-0.25, -0.2) is 8.42 Å². The molecule has 1 aliphatic heterocycles. The second kappa shape index (κ2) is 6.58. The van der Waals surface area contributed by atoms with Crippen LogP contribution in [-0.4, -0.2) is 39.8 Å². The third-order valence-corrected chi connectivity index (χ3v) is 4.58. The van der Waals surface area contributed by atoms with Crippen molar-refractivity contribution in [2.45, 2.75) is 12.5 Å². The normalized spacial score (nSPS) is 17.9. The van der Waals surface area contributed by atoms with E-state index in [0.29, 0.717) is 23.0 Å². The predicted octanol–water partition coefficient (Wildman–Crippen LogP) is 1.56. The van der Waals surface area contributed by atoms with Gasteiger partial charge in [0.05, 0.1) is 11.9 Å². The number of anilines is 1. The number of hydrogen-bond donors (Lipinski definition) is 1. The molecule has 120 valence electrons. The summed E-state index contributed by atoms with van der Waals surface area (Å²) in [5, 5.41) is 3.04. The van der Waals surface area contributed by atoms with E-state index in [2.05, 4.69) is 11.9 Å². The molecule has 1 unspecified atom stereocenters. The van der Waals surface area contributed by atoms with Gasteiger partial charge in [-0.3, -0.25) is 9.10 Å². The molecule has 2 rings (SSSR count). The van der Waals surface area contributed by atoms with Crippen LogP contribution in [0, 0.1) is 0 Å². The van der Waals surface area contributed by atoms with E-state index in [1.165, 1.54) is 10.4 Å². The highest BCUT2D eigenvalue weighted by Gasteiger charge is 2.31. The first-order valence-electron chi connectivity index (χ1n) is 6.65. The Morgan fingerprint density at radius 1 is 1.59 bits per heavy atom. The third kappa shape index (κ3) is 3.72. The molecule has 22 heavy (non-hydrogen) atoms. The van der Waals surface area contributed by atoms with Crippen LogP contribution in [0.4, 0.5) is 5.69 Å². The standard InChI is InChI=1S/C14H17ClN2O4S/c1-3-7-16-14(18)13-6-8-17(22(2,19)20)11-9-10(15)4-5-12(11)21-13/h3-5,9,13H,1,6-8H2,2H3,(H,16,18). The van der Waals surface area contributed by atoms with Crippen molar-refractivity contribution in [2.75, 3.05) is 23.7 Å². The fraction of sp³-hybridized carbons (Fsp3) is 0.357. The first-order chi connectivity index (χ1) is 10.3. The zero-order chi connectivity index (χ0) is 16.3. The number of amides is 1. The zero-order valence-electron chi connectivity index (χ0n) is 12.1. The minimum Gasteiger partial charge on any atom is -0.478 e. The number of rotatable bonds is 4. The van der Waals surface area contributed by atoms with Gasteiger partial charge in [0.25, 0.3) is 5.91 Å². The van der Waals surface area contributed by atoms with Crippen molar-refractivity contribution in [1.82, 2.24) is 5.32 Å². The molecular weight excluding hydrogens is 328 g/mol. The van der Waals surface area contributed by atoms with Crippen LogP contribution < -0.4 is 14.4 Å². The number of halogens is 1. The number of fused-ring (bicyclic) bond motifs is 1. The van der Waals surface area contributed by atoms with Crippen molar-refractivity contribution in [1.29, 1.82) is 0 Å². The Morgan fingerprint density at radius 2 is 2.32 bits per heavy atom. The number of sulfonamides is 1. The van der Waals surface area contributed by atoms with E-state index >= 15 is 0 Å². The minimum absolute atomic E-state index is 0.137. The number of ether oxygens (including phenoxy) is 1. The average molecular weight is 345 g/mol. The lowest BCUT2D eigenvalue weighted by Gasteiger charge is -2.21. The van der Waals surface area contributed by atoms with Crippen molar-refractivity contribution < 1.29 is 17.9 Å². The number of carbonyl (C=O) groups is 1. The van der Waals surface area contributed by atoms with Crippen LogP contribution in [0.15, 0.2) is 30.9 Å². The van der Waals surface area contributed by atoms with Gasteiger partial charge in [0, 0.05) is 24.5 Å².